The van der Waals surface area contributed by atoms with Crippen molar-refractivity contribution < 1.29 is 44.3 Å². The number of carboxylic acid groups (broad SMARTS) is 1. The van der Waals surface area contributed by atoms with E-state index in [0.29, 0.717) is 6.42 Å². The summed E-state index contributed by atoms with van der Waals surface area (Å²) in [7, 11) is 0. The van der Waals surface area contributed by atoms with Gasteiger partial charge in [0.2, 0.25) is 5.91 Å². The van der Waals surface area contributed by atoms with E-state index < -0.39 is 12.0 Å². The summed E-state index contributed by atoms with van der Waals surface area (Å²) < 4.78 is 0. The number of unbranched alkanes of at least 4 members (excludes halogenated alkanes) is 6. The summed E-state index contributed by atoms with van der Waals surface area (Å²) >= 11 is 0. The Bertz CT molecular complexity index is 714. The predicted molar refractivity (Wildman–Crippen MR) is 102 cm³/mol. The second kappa shape index (κ2) is 13.0. The smallest absolute Gasteiger partial charge is 0.548 e. The van der Waals surface area contributed by atoms with Crippen LogP contribution in [0.3, 0.4) is 0 Å². The third-order valence-electron chi connectivity index (χ3n) is 4.73. The Hall–Kier alpha value is -1.30. The van der Waals surface area contributed by atoms with Gasteiger partial charge in [-0.15, -0.1) is 0 Å². The largest absolute Gasteiger partial charge is 1.00 e. The number of aliphatic carboxylic acids is 1. The van der Waals surface area contributed by atoms with Crippen LogP contribution in [0.2, 0.25) is 0 Å². The Morgan fingerprint density at radius 3 is 2.44 bits per heavy atom. The second-order valence-electron chi connectivity index (χ2n) is 6.87. The van der Waals surface area contributed by atoms with Gasteiger partial charge in [-0.05, 0) is 18.1 Å². The average molecular weight is 380 g/mol. The van der Waals surface area contributed by atoms with Gasteiger partial charge in [0, 0.05) is 29.9 Å². The molecule has 0 saturated carbocycles. The average Bonchev–Trinajstić information content (AvgIpc) is 3.03. The van der Waals surface area contributed by atoms with Crippen LogP contribution in [0.5, 0.6) is 0 Å². The maximum atomic E-state index is 12.1. The first-order valence-electron chi connectivity index (χ1n) is 9.67. The number of nitrogens with one attached hydrogen (secondary N) is 2. The van der Waals surface area contributed by atoms with E-state index in [1.54, 1.807) is 6.20 Å². The van der Waals surface area contributed by atoms with Gasteiger partial charge >= 0.3 is 29.6 Å². The van der Waals surface area contributed by atoms with Crippen LogP contribution in [-0.4, -0.2) is 22.9 Å². The Balaban J connectivity index is 0.00000364. The fraction of sp³-hybridized carbons (Fsp3) is 0.524. The van der Waals surface area contributed by atoms with E-state index in [2.05, 4.69) is 17.2 Å². The summed E-state index contributed by atoms with van der Waals surface area (Å²) in [6, 6.07) is 6.70. The molecule has 27 heavy (non-hydrogen) atoms. The molecular formula is C21H29N2NaO3. The number of carbonyl (C=O) groups is 2. The first kappa shape index (κ1) is 23.7. The number of benzene rings is 1. The number of fused-ring (bicyclic) bond motifs is 1. The van der Waals surface area contributed by atoms with E-state index in [1.807, 2.05) is 24.3 Å². The fourth-order valence-corrected chi connectivity index (χ4v) is 3.22. The van der Waals surface area contributed by atoms with Gasteiger partial charge in [-0.2, -0.15) is 0 Å². The summed E-state index contributed by atoms with van der Waals surface area (Å²) in [5.41, 5.74) is 1.82. The molecule has 0 aliphatic heterocycles. The zero-order chi connectivity index (χ0) is 18.8. The monoisotopic (exact) mass is 380 g/mol. The van der Waals surface area contributed by atoms with Crippen molar-refractivity contribution in [3.63, 3.8) is 0 Å². The number of aromatic nitrogens is 1. The fourth-order valence-electron chi connectivity index (χ4n) is 3.22. The van der Waals surface area contributed by atoms with Crippen LogP contribution >= 0.6 is 0 Å². The van der Waals surface area contributed by atoms with E-state index in [1.165, 1.54) is 25.7 Å². The van der Waals surface area contributed by atoms with Crippen molar-refractivity contribution in [3.8, 4) is 0 Å². The topological polar surface area (TPSA) is 85.0 Å². The van der Waals surface area contributed by atoms with Crippen molar-refractivity contribution in [2.75, 3.05) is 0 Å². The Morgan fingerprint density at radius 2 is 1.74 bits per heavy atom. The van der Waals surface area contributed by atoms with Gasteiger partial charge in [-0.25, -0.2) is 0 Å². The van der Waals surface area contributed by atoms with E-state index in [4.69, 9.17) is 0 Å². The molecule has 1 amide bonds. The number of amides is 1. The van der Waals surface area contributed by atoms with Gasteiger partial charge in [0.1, 0.15) is 0 Å². The molecule has 1 heterocycles. The van der Waals surface area contributed by atoms with Crippen LogP contribution in [0.1, 0.15) is 63.9 Å². The molecule has 6 heteroatoms. The summed E-state index contributed by atoms with van der Waals surface area (Å²) in [4.78, 5) is 26.6. The molecule has 0 bridgehead atoms. The zero-order valence-electron chi connectivity index (χ0n) is 16.6. The van der Waals surface area contributed by atoms with Gasteiger partial charge in [-0.3, -0.25) is 4.79 Å². The SMILES string of the molecule is CCCCCCCCCC(=O)N[C@@H](Cc1c[nH]c2ccccc12)C(=O)[O-].[Na+]. The van der Waals surface area contributed by atoms with E-state index in [-0.39, 0.29) is 41.9 Å². The van der Waals surface area contributed by atoms with Crippen LogP contribution < -0.4 is 40.0 Å². The van der Waals surface area contributed by atoms with Gasteiger partial charge in [0.05, 0.1) is 12.0 Å². The molecular weight excluding hydrogens is 351 g/mol. The Labute approximate surface area is 183 Å². The number of hydrogen-bond donors (Lipinski definition) is 2. The van der Waals surface area contributed by atoms with Crippen LogP contribution in [0.25, 0.3) is 10.9 Å². The quantitative estimate of drug-likeness (QED) is 0.404. The number of para-hydroxylation sites is 1. The number of H-pyrrole nitrogens is 1. The second-order valence-corrected chi connectivity index (χ2v) is 6.87. The first-order valence-corrected chi connectivity index (χ1v) is 9.67. The maximum absolute atomic E-state index is 12.1. The maximum Gasteiger partial charge on any atom is 1.00 e. The van der Waals surface area contributed by atoms with E-state index in [0.717, 1.165) is 35.7 Å². The molecule has 0 spiro atoms. The van der Waals surface area contributed by atoms with Gasteiger partial charge in [-0.1, -0.05) is 63.6 Å². The standard InChI is InChI=1S/C21H30N2O3.Na/c1-2-3-4-5-6-7-8-13-20(24)23-19(21(25)26)14-16-15-22-18-12-10-9-11-17(16)18;/h9-12,15,19,22H,2-8,13-14H2,1H3,(H,23,24)(H,25,26);/q;+1/p-1/t19-;/m0./s1. The number of carboxylic acids is 1. The molecule has 2 aromatic rings. The predicted octanol–water partition coefficient (Wildman–Crippen LogP) is 0.0898. The van der Waals surface area contributed by atoms with Crippen LogP contribution in [0, 0.1) is 0 Å². The first-order chi connectivity index (χ1) is 12.6. The summed E-state index contributed by atoms with van der Waals surface area (Å²) in [6.07, 6.45) is 10.3. The normalized spacial score (nSPS) is 11.7. The minimum atomic E-state index is -1.25. The molecule has 5 nitrogen and oxygen atoms in total. The zero-order valence-corrected chi connectivity index (χ0v) is 18.6. The Morgan fingerprint density at radius 1 is 1.07 bits per heavy atom. The Kier molecular flexibility index (Phi) is 11.4. The number of aromatic amines is 1. The molecule has 1 atom stereocenters. The van der Waals surface area contributed by atoms with Crippen molar-refractivity contribution >= 4 is 22.8 Å². The number of rotatable bonds is 12. The van der Waals surface area contributed by atoms with Crippen molar-refractivity contribution in [1.82, 2.24) is 10.3 Å². The molecule has 0 fully saturated rings. The van der Waals surface area contributed by atoms with Gasteiger partial charge < -0.3 is 20.2 Å². The van der Waals surface area contributed by atoms with Crippen molar-refractivity contribution in [2.45, 2.75) is 70.8 Å². The van der Waals surface area contributed by atoms with E-state index >= 15 is 0 Å². The minimum Gasteiger partial charge on any atom is -0.548 e. The molecule has 142 valence electrons. The minimum absolute atomic E-state index is 0. The van der Waals surface area contributed by atoms with Crippen molar-refractivity contribution in [1.29, 1.82) is 0 Å². The molecule has 0 aliphatic carbocycles. The van der Waals surface area contributed by atoms with Crippen molar-refractivity contribution in [2.24, 2.45) is 0 Å². The molecule has 0 unspecified atom stereocenters. The summed E-state index contributed by atoms with van der Waals surface area (Å²) in [6.45, 7) is 2.19. The molecule has 0 radical (unpaired) electrons. The van der Waals surface area contributed by atoms with Gasteiger partial charge in [0.25, 0.3) is 0 Å². The summed E-state index contributed by atoms with van der Waals surface area (Å²) in [5.74, 6) is -1.46. The van der Waals surface area contributed by atoms with E-state index in [9.17, 15) is 14.7 Å². The van der Waals surface area contributed by atoms with Crippen molar-refractivity contribution in [3.05, 3.63) is 36.0 Å². The molecule has 0 aliphatic rings. The third kappa shape index (κ3) is 8.08. The summed E-state index contributed by atoms with van der Waals surface area (Å²) in [5, 5.41) is 15.0. The molecule has 0 saturated heterocycles. The van der Waals surface area contributed by atoms with Crippen LogP contribution in [-0.2, 0) is 16.0 Å². The van der Waals surface area contributed by atoms with Crippen LogP contribution in [0.15, 0.2) is 30.5 Å². The molecule has 2 N–H and O–H groups in total. The molecule has 1 aromatic heterocycles. The molecule has 2 rings (SSSR count). The molecule has 1 aromatic carbocycles. The number of carbonyl (C=O) groups excluding carboxylic acids is 2. The third-order valence-corrected chi connectivity index (χ3v) is 4.73. The van der Waals surface area contributed by atoms with Crippen LogP contribution in [0.4, 0.5) is 0 Å². The van der Waals surface area contributed by atoms with Gasteiger partial charge in [0.15, 0.2) is 0 Å². The number of hydrogen-bond acceptors (Lipinski definition) is 3.